The van der Waals surface area contributed by atoms with Gasteiger partial charge in [0, 0.05) is 24.6 Å². The normalized spacial score (nSPS) is 11.7. The lowest BCUT2D eigenvalue weighted by Crippen LogP contribution is -2.20. The van der Waals surface area contributed by atoms with Gasteiger partial charge in [-0.3, -0.25) is 9.48 Å². The van der Waals surface area contributed by atoms with Crippen molar-refractivity contribution in [2.45, 2.75) is 26.6 Å². The van der Waals surface area contributed by atoms with E-state index in [0.717, 1.165) is 4.57 Å². The van der Waals surface area contributed by atoms with Crippen LogP contribution in [0.1, 0.15) is 21.7 Å². The summed E-state index contributed by atoms with van der Waals surface area (Å²) in [4.78, 5) is 12.1. The molecule has 0 aliphatic rings. The molecule has 1 amide bonds. The smallest absolute Gasteiger partial charge is 0.339 e. The molecule has 0 aromatic carbocycles. The van der Waals surface area contributed by atoms with Crippen LogP contribution in [0.5, 0.6) is 0 Å². The van der Waals surface area contributed by atoms with Gasteiger partial charge in [-0.05, 0) is 19.9 Å². The lowest BCUT2D eigenvalue weighted by Gasteiger charge is -2.12. The minimum atomic E-state index is -4.33. The van der Waals surface area contributed by atoms with Crippen molar-refractivity contribution in [2.24, 2.45) is 7.05 Å². The molecule has 0 aliphatic heterocycles. The first-order valence-corrected chi connectivity index (χ1v) is 6.21. The lowest BCUT2D eigenvalue weighted by molar-refractivity contribution is -0.141. The summed E-state index contributed by atoms with van der Waals surface area (Å²) in [5, 5.41) is 6.51. The first-order chi connectivity index (χ1) is 9.67. The number of halogens is 3. The van der Waals surface area contributed by atoms with E-state index in [2.05, 4.69) is 10.4 Å². The highest BCUT2D eigenvalue weighted by Gasteiger charge is 2.30. The largest absolute Gasteiger partial charge is 0.406 e. The van der Waals surface area contributed by atoms with Crippen LogP contribution in [0.3, 0.4) is 0 Å². The van der Waals surface area contributed by atoms with Crippen molar-refractivity contribution >= 4 is 11.6 Å². The van der Waals surface area contributed by atoms with Crippen LogP contribution in [-0.4, -0.2) is 26.4 Å². The van der Waals surface area contributed by atoms with Gasteiger partial charge in [0.25, 0.3) is 5.91 Å². The molecule has 2 rings (SSSR count). The number of anilines is 1. The number of rotatable bonds is 3. The van der Waals surface area contributed by atoms with Gasteiger partial charge in [-0.15, -0.1) is 0 Å². The predicted octanol–water partition coefficient (Wildman–Crippen LogP) is 2.65. The Morgan fingerprint density at radius 3 is 2.57 bits per heavy atom. The van der Waals surface area contributed by atoms with Crippen LogP contribution < -0.4 is 5.32 Å². The third-order valence-corrected chi connectivity index (χ3v) is 3.12. The average Bonchev–Trinajstić information content (AvgIpc) is 2.86. The van der Waals surface area contributed by atoms with Gasteiger partial charge in [0.05, 0.1) is 17.4 Å². The molecular weight excluding hydrogens is 285 g/mol. The van der Waals surface area contributed by atoms with Crippen molar-refractivity contribution in [1.82, 2.24) is 14.3 Å². The Kier molecular flexibility index (Phi) is 3.80. The zero-order valence-electron chi connectivity index (χ0n) is 11.8. The van der Waals surface area contributed by atoms with Crippen LogP contribution >= 0.6 is 0 Å². The number of alkyl halides is 3. The Balaban J connectivity index is 2.24. The number of hydrogen-bond acceptors (Lipinski definition) is 2. The van der Waals surface area contributed by atoms with E-state index in [1.54, 1.807) is 20.2 Å². The zero-order valence-corrected chi connectivity index (χ0v) is 11.8. The van der Waals surface area contributed by atoms with E-state index in [1.165, 1.54) is 23.9 Å². The Morgan fingerprint density at radius 2 is 2.05 bits per heavy atom. The van der Waals surface area contributed by atoms with Crippen LogP contribution in [-0.2, 0) is 13.6 Å². The number of amides is 1. The van der Waals surface area contributed by atoms with Gasteiger partial charge >= 0.3 is 6.18 Å². The monoisotopic (exact) mass is 300 g/mol. The SMILES string of the molecule is Cc1cc(C(=O)Nc2cnn(C)c2)c(C)n1CC(F)(F)F. The quantitative estimate of drug-likeness (QED) is 0.947. The van der Waals surface area contributed by atoms with Crippen LogP contribution in [0, 0.1) is 13.8 Å². The Labute approximate surface area is 119 Å². The second kappa shape index (κ2) is 5.27. The summed E-state index contributed by atoms with van der Waals surface area (Å²) in [5.74, 6) is -0.454. The molecule has 0 atom stereocenters. The maximum absolute atomic E-state index is 12.5. The number of hydrogen-bond donors (Lipinski definition) is 1. The summed E-state index contributed by atoms with van der Waals surface area (Å²) in [6.45, 7) is 1.93. The first-order valence-electron chi connectivity index (χ1n) is 6.21. The lowest BCUT2D eigenvalue weighted by atomic mass is 10.2. The van der Waals surface area contributed by atoms with Crippen LogP contribution in [0.25, 0.3) is 0 Å². The van der Waals surface area contributed by atoms with Gasteiger partial charge in [0.2, 0.25) is 0 Å². The Morgan fingerprint density at radius 1 is 1.38 bits per heavy atom. The topological polar surface area (TPSA) is 51.9 Å². The van der Waals surface area contributed by atoms with Gasteiger partial charge in [-0.25, -0.2) is 0 Å². The minimum absolute atomic E-state index is 0.223. The molecule has 0 spiro atoms. The standard InChI is InChI=1S/C13H15F3N4O/c1-8-4-11(9(2)20(8)7-13(14,15)16)12(21)18-10-5-17-19(3)6-10/h4-6H,7H2,1-3H3,(H,18,21). The van der Waals surface area contributed by atoms with Crippen molar-refractivity contribution in [3.8, 4) is 0 Å². The molecule has 0 radical (unpaired) electrons. The number of carbonyl (C=O) groups excluding carboxylic acids is 1. The number of nitrogens with one attached hydrogen (secondary N) is 1. The summed E-state index contributed by atoms with van der Waals surface area (Å²) in [7, 11) is 1.70. The van der Waals surface area contributed by atoms with Crippen molar-refractivity contribution in [1.29, 1.82) is 0 Å². The Bertz CT molecular complexity index is 669. The average molecular weight is 300 g/mol. The molecule has 8 heteroatoms. The summed E-state index contributed by atoms with van der Waals surface area (Å²) in [6, 6.07) is 1.45. The maximum atomic E-state index is 12.5. The fraction of sp³-hybridized carbons (Fsp3) is 0.385. The molecule has 1 N–H and O–H groups in total. The number of aromatic nitrogens is 3. The molecule has 114 valence electrons. The molecule has 0 saturated heterocycles. The van der Waals surface area contributed by atoms with Crippen molar-refractivity contribution in [3.63, 3.8) is 0 Å². The number of nitrogens with zero attached hydrogens (tertiary/aromatic N) is 3. The Hall–Kier alpha value is -2.25. The van der Waals surface area contributed by atoms with Crippen molar-refractivity contribution in [2.75, 3.05) is 5.32 Å². The van der Waals surface area contributed by atoms with E-state index in [-0.39, 0.29) is 11.3 Å². The van der Waals surface area contributed by atoms with Gasteiger partial charge < -0.3 is 9.88 Å². The second-order valence-corrected chi connectivity index (χ2v) is 4.84. The molecule has 2 aromatic rings. The van der Waals surface area contributed by atoms with Gasteiger partial charge in [-0.1, -0.05) is 0 Å². The number of aryl methyl sites for hydroxylation is 2. The second-order valence-electron chi connectivity index (χ2n) is 4.84. The highest BCUT2D eigenvalue weighted by Crippen LogP contribution is 2.23. The summed E-state index contributed by atoms with van der Waals surface area (Å²) in [5.41, 5.74) is 1.39. The molecular formula is C13H15F3N4O. The highest BCUT2D eigenvalue weighted by atomic mass is 19.4. The molecule has 0 unspecified atom stereocenters. The van der Waals surface area contributed by atoms with E-state index in [9.17, 15) is 18.0 Å². The maximum Gasteiger partial charge on any atom is 0.406 e. The first kappa shape index (κ1) is 15.1. The molecule has 0 aliphatic carbocycles. The van der Waals surface area contributed by atoms with Crippen LogP contribution in [0.4, 0.5) is 18.9 Å². The zero-order chi connectivity index (χ0) is 15.8. The van der Waals surface area contributed by atoms with Crippen LogP contribution in [0.2, 0.25) is 0 Å². The third-order valence-electron chi connectivity index (χ3n) is 3.12. The molecule has 0 bridgehead atoms. The minimum Gasteiger partial charge on any atom is -0.339 e. The van der Waals surface area contributed by atoms with Gasteiger partial charge in [0.1, 0.15) is 6.54 Å². The van der Waals surface area contributed by atoms with E-state index in [1.807, 2.05) is 0 Å². The molecule has 0 saturated carbocycles. The fourth-order valence-electron chi connectivity index (χ4n) is 2.14. The fourth-order valence-corrected chi connectivity index (χ4v) is 2.14. The van der Waals surface area contributed by atoms with Gasteiger partial charge in [0.15, 0.2) is 0 Å². The summed E-state index contributed by atoms with van der Waals surface area (Å²) >= 11 is 0. The van der Waals surface area contributed by atoms with Crippen LogP contribution in [0.15, 0.2) is 18.5 Å². The van der Waals surface area contributed by atoms with E-state index < -0.39 is 18.6 Å². The molecule has 2 heterocycles. The summed E-state index contributed by atoms with van der Waals surface area (Å²) in [6.07, 6.45) is -1.26. The molecule has 2 aromatic heterocycles. The predicted molar refractivity (Wildman–Crippen MR) is 71.1 cm³/mol. The van der Waals surface area contributed by atoms with Gasteiger partial charge in [-0.2, -0.15) is 18.3 Å². The summed E-state index contributed by atoms with van der Waals surface area (Å²) < 4.78 is 40.2. The van der Waals surface area contributed by atoms with Crippen molar-refractivity contribution in [3.05, 3.63) is 35.4 Å². The van der Waals surface area contributed by atoms with E-state index >= 15 is 0 Å². The van der Waals surface area contributed by atoms with E-state index in [0.29, 0.717) is 11.4 Å². The molecule has 5 nitrogen and oxygen atoms in total. The third kappa shape index (κ3) is 3.45. The molecule has 21 heavy (non-hydrogen) atoms. The highest BCUT2D eigenvalue weighted by molar-refractivity contribution is 6.05. The number of carbonyl (C=O) groups is 1. The van der Waals surface area contributed by atoms with E-state index in [4.69, 9.17) is 0 Å². The van der Waals surface area contributed by atoms with Crippen molar-refractivity contribution < 1.29 is 18.0 Å². The molecule has 0 fully saturated rings.